The van der Waals surface area contributed by atoms with Crippen LogP contribution in [0, 0.1) is 6.92 Å². The fourth-order valence-corrected chi connectivity index (χ4v) is 4.81. The largest absolute Gasteiger partial charge is 0.494 e. The summed E-state index contributed by atoms with van der Waals surface area (Å²) in [7, 11) is 5.37. The minimum atomic E-state index is -0.655. The number of benzene rings is 1. The number of amides is 1. The third kappa shape index (κ3) is 3.63. The molecule has 1 spiro atoms. The van der Waals surface area contributed by atoms with Crippen molar-refractivity contribution in [1.82, 2.24) is 19.5 Å². The number of anilines is 4. The molecule has 0 aliphatic carbocycles. The van der Waals surface area contributed by atoms with Crippen LogP contribution in [0.15, 0.2) is 36.9 Å². The molecule has 5 rings (SSSR count). The van der Waals surface area contributed by atoms with E-state index < -0.39 is 5.54 Å². The molecule has 1 atom stereocenters. The lowest BCUT2D eigenvalue weighted by molar-refractivity contribution is -0.124. The highest BCUT2D eigenvalue weighted by Gasteiger charge is 2.49. The number of hydrogen-bond acceptors (Lipinski definition) is 8. The Morgan fingerprint density at radius 2 is 2.00 bits per heavy atom. The number of carbonyl (C=O) groups excluding carboxylic acids is 1. The molecule has 2 aliphatic heterocycles. The van der Waals surface area contributed by atoms with Gasteiger partial charge in [-0.1, -0.05) is 0 Å². The van der Waals surface area contributed by atoms with Gasteiger partial charge in [0.05, 0.1) is 31.0 Å². The number of aromatic nitrogens is 4. The number of likely N-dealkylation sites (N-methyl/N-ethyl adjacent to an activating group) is 2. The molecule has 3 aromatic rings. The molecule has 1 aromatic carbocycles. The second-order valence-electron chi connectivity index (χ2n) is 8.76. The molecule has 1 saturated heterocycles. The molecule has 1 fully saturated rings. The summed E-state index contributed by atoms with van der Waals surface area (Å²) in [4.78, 5) is 30.6. The van der Waals surface area contributed by atoms with Gasteiger partial charge >= 0.3 is 0 Å². The van der Waals surface area contributed by atoms with Crippen LogP contribution in [0.25, 0.3) is 5.69 Å². The molecule has 1 amide bonds. The van der Waals surface area contributed by atoms with Crippen molar-refractivity contribution in [3.8, 4) is 11.4 Å². The highest BCUT2D eigenvalue weighted by atomic mass is 16.5. The Morgan fingerprint density at radius 3 is 2.76 bits per heavy atom. The molecule has 0 bridgehead atoms. The van der Waals surface area contributed by atoms with Crippen molar-refractivity contribution in [2.24, 2.45) is 0 Å². The molecule has 0 saturated carbocycles. The summed E-state index contributed by atoms with van der Waals surface area (Å²) < 4.78 is 13.2. The Hall–Kier alpha value is -3.66. The van der Waals surface area contributed by atoms with E-state index in [4.69, 9.17) is 14.5 Å². The normalized spacial score (nSPS) is 20.3. The van der Waals surface area contributed by atoms with Crippen molar-refractivity contribution < 1.29 is 14.3 Å². The number of methoxy groups -OCH3 is 1. The van der Waals surface area contributed by atoms with E-state index in [1.54, 1.807) is 31.6 Å². The van der Waals surface area contributed by atoms with E-state index >= 15 is 0 Å². The predicted molar refractivity (Wildman–Crippen MR) is 129 cm³/mol. The van der Waals surface area contributed by atoms with Crippen LogP contribution in [0.2, 0.25) is 0 Å². The summed E-state index contributed by atoms with van der Waals surface area (Å²) in [5.74, 6) is 1.92. The SMILES string of the molecule is COc1cc(Nc2ncc3c(n2)N(C)C2(CCCOCC2)C(=O)N3C)ccc1-n1cnc(C)c1. The van der Waals surface area contributed by atoms with Crippen molar-refractivity contribution in [3.05, 3.63) is 42.6 Å². The van der Waals surface area contributed by atoms with E-state index in [9.17, 15) is 4.79 Å². The zero-order chi connectivity index (χ0) is 23.9. The monoisotopic (exact) mass is 463 g/mol. The molecule has 1 unspecified atom stereocenters. The van der Waals surface area contributed by atoms with Gasteiger partial charge in [0.15, 0.2) is 5.82 Å². The van der Waals surface area contributed by atoms with Crippen molar-refractivity contribution in [2.75, 3.05) is 49.5 Å². The van der Waals surface area contributed by atoms with E-state index in [1.807, 2.05) is 47.8 Å². The van der Waals surface area contributed by atoms with Crippen molar-refractivity contribution >= 4 is 29.0 Å². The first-order valence-electron chi connectivity index (χ1n) is 11.4. The van der Waals surface area contributed by atoms with Crippen LogP contribution >= 0.6 is 0 Å². The average molecular weight is 464 g/mol. The number of aryl methyl sites for hydroxylation is 1. The van der Waals surface area contributed by atoms with E-state index in [-0.39, 0.29) is 5.91 Å². The molecular weight excluding hydrogens is 434 g/mol. The number of fused-ring (bicyclic) bond motifs is 1. The van der Waals surface area contributed by atoms with Crippen LogP contribution in [0.4, 0.5) is 23.1 Å². The summed E-state index contributed by atoms with van der Waals surface area (Å²) >= 11 is 0. The number of ether oxygens (including phenoxy) is 2. The summed E-state index contributed by atoms with van der Waals surface area (Å²) in [6.45, 7) is 3.17. The maximum Gasteiger partial charge on any atom is 0.252 e. The number of rotatable bonds is 4. The zero-order valence-electron chi connectivity index (χ0n) is 19.9. The number of nitrogens with one attached hydrogen (secondary N) is 1. The van der Waals surface area contributed by atoms with E-state index in [2.05, 4.69) is 15.3 Å². The maximum atomic E-state index is 13.4. The van der Waals surface area contributed by atoms with Gasteiger partial charge in [-0.25, -0.2) is 9.97 Å². The number of imidazole rings is 1. The van der Waals surface area contributed by atoms with E-state index in [1.165, 1.54) is 0 Å². The molecule has 1 N–H and O–H groups in total. The van der Waals surface area contributed by atoms with Gasteiger partial charge in [-0.2, -0.15) is 4.98 Å². The predicted octanol–water partition coefficient (Wildman–Crippen LogP) is 3.07. The van der Waals surface area contributed by atoms with Crippen molar-refractivity contribution in [2.45, 2.75) is 31.7 Å². The van der Waals surface area contributed by atoms with Crippen LogP contribution in [0.5, 0.6) is 5.75 Å². The Labute approximate surface area is 198 Å². The highest BCUT2D eigenvalue weighted by molar-refractivity contribution is 6.07. The van der Waals surface area contributed by atoms with E-state index in [0.717, 1.165) is 35.7 Å². The fourth-order valence-electron chi connectivity index (χ4n) is 4.81. The number of carbonyl (C=O) groups is 1. The molecule has 10 nitrogen and oxygen atoms in total. The van der Waals surface area contributed by atoms with Gasteiger partial charge in [0, 0.05) is 51.7 Å². The maximum absolute atomic E-state index is 13.4. The first-order chi connectivity index (χ1) is 16.4. The summed E-state index contributed by atoms with van der Waals surface area (Å²) in [6.07, 6.45) is 7.59. The number of nitrogens with zero attached hydrogens (tertiary/aromatic N) is 6. The minimum absolute atomic E-state index is 0.0624. The van der Waals surface area contributed by atoms with Gasteiger partial charge in [0.2, 0.25) is 5.95 Å². The fraction of sp³-hybridized carbons (Fsp3) is 0.417. The third-order valence-electron chi connectivity index (χ3n) is 6.74. The van der Waals surface area contributed by atoms with Crippen molar-refractivity contribution in [1.29, 1.82) is 0 Å². The minimum Gasteiger partial charge on any atom is -0.494 e. The number of hydrogen-bond donors (Lipinski definition) is 1. The van der Waals surface area contributed by atoms with Gasteiger partial charge in [-0.3, -0.25) is 4.79 Å². The van der Waals surface area contributed by atoms with Crippen LogP contribution in [-0.2, 0) is 9.53 Å². The molecule has 34 heavy (non-hydrogen) atoms. The van der Waals surface area contributed by atoms with Crippen molar-refractivity contribution in [3.63, 3.8) is 0 Å². The summed E-state index contributed by atoms with van der Waals surface area (Å²) in [5, 5.41) is 3.28. The lowest BCUT2D eigenvalue weighted by Gasteiger charge is -2.47. The van der Waals surface area contributed by atoms with Gasteiger partial charge in [-0.15, -0.1) is 0 Å². The molecule has 2 aromatic heterocycles. The Balaban J connectivity index is 1.46. The Kier molecular flexibility index (Phi) is 5.60. The Bertz CT molecular complexity index is 1220. The van der Waals surface area contributed by atoms with Gasteiger partial charge < -0.3 is 29.2 Å². The van der Waals surface area contributed by atoms with Crippen LogP contribution in [0.3, 0.4) is 0 Å². The summed E-state index contributed by atoms with van der Waals surface area (Å²) in [5.41, 5.74) is 2.64. The topological polar surface area (TPSA) is 97.6 Å². The van der Waals surface area contributed by atoms with E-state index in [0.29, 0.717) is 37.0 Å². The standard InChI is InChI=1S/C24H29N7O3/c1-16-14-31(15-26-16)18-7-6-17(12-20(18)33-4)27-23-25-13-19-21(28-23)30(3)24(22(32)29(19)2)8-5-10-34-11-9-24/h6-7,12-15H,5,8-11H2,1-4H3,(H,25,27,28). The first-order valence-corrected chi connectivity index (χ1v) is 11.4. The van der Waals surface area contributed by atoms with Gasteiger partial charge in [-0.05, 0) is 31.9 Å². The molecule has 4 heterocycles. The third-order valence-corrected chi connectivity index (χ3v) is 6.74. The molecule has 0 radical (unpaired) electrons. The van der Waals surface area contributed by atoms with Crippen LogP contribution in [0.1, 0.15) is 25.0 Å². The molecule has 2 aliphatic rings. The second kappa shape index (κ2) is 8.60. The smallest absolute Gasteiger partial charge is 0.252 e. The molecule has 10 heteroatoms. The lowest BCUT2D eigenvalue weighted by Crippen LogP contribution is -2.62. The second-order valence-corrected chi connectivity index (χ2v) is 8.76. The Morgan fingerprint density at radius 1 is 1.15 bits per heavy atom. The van der Waals surface area contributed by atoms with Crippen LogP contribution < -0.4 is 19.9 Å². The van der Waals surface area contributed by atoms with Crippen LogP contribution in [-0.4, -0.2) is 65.4 Å². The van der Waals surface area contributed by atoms with Gasteiger partial charge in [0.1, 0.15) is 17.0 Å². The molecule has 178 valence electrons. The average Bonchev–Trinajstić information content (AvgIpc) is 3.12. The summed E-state index contributed by atoms with van der Waals surface area (Å²) in [6, 6.07) is 5.80. The highest BCUT2D eigenvalue weighted by Crippen LogP contribution is 2.42. The lowest BCUT2D eigenvalue weighted by atomic mass is 9.85. The zero-order valence-corrected chi connectivity index (χ0v) is 19.9. The molecular formula is C24H29N7O3. The first kappa shape index (κ1) is 22.1. The van der Waals surface area contributed by atoms with Gasteiger partial charge in [0.25, 0.3) is 5.91 Å². The quantitative estimate of drug-likeness (QED) is 0.631.